The second-order valence-corrected chi connectivity index (χ2v) is 5.44. The van der Waals surface area contributed by atoms with Crippen LogP contribution in [0.15, 0.2) is 24.3 Å². The summed E-state index contributed by atoms with van der Waals surface area (Å²) in [5.74, 6) is -1.82. The van der Waals surface area contributed by atoms with E-state index in [9.17, 15) is 14.4 Å². The molecule has 118 valence electrons. The van der Waals surface area contributed by atoms with Crippen molar-refractivity contribution in [2.24, 2.45) is 5.92 Å². The van der Waals surface area contributed by atoms with Crippen molar-refractivity contribution in [3.8, 4) is 0 Å². The maximum Gasteiger partial charge on any atom is 0.308 e. The highest BCUT2D eigenvalue weighted by atomic mass is 16.4. The fraction of sp³-hybridized carbons (Fsp3) is 0.438. The zero-order chi connectivity index (χ0) is 16.1. The van der Waals surface area contributed by atoms with E-state index in [2.05, 4.69) is 5.32 Å². The lowest BCUT2D eigenvalue weighted by Gasteiger charge is -2.16. The molecule has 0 spiro atoms. The Bertz CT molecular complexity index is 568. The largest absolute Gasteiger partial charge is 0.481 e. The summed E-state index contributed by atoms with van der Waals surface area (Å²) in [6, 6.07) is 6.89. The minimum atomic E-state index is -0.948. The van der Waals surface area contributed by atoms with Gasteiger partial charge in [0, 0.05) is 30.8 Å². The standard InChI is InChI=1S/C16H20N2O4/c1-2-3-4-14(19)17-12-5-7-13(8-6-12)18-10-11(16(21)22)9-15(18)20/h5-8,11H,2-4,9-10H2,1H3,(H,17,19)(H,21,22)/t11-/m0/s1. The number of aliphatic carboxylic acids is 1. The maximum atomic E-state index is 11.9. The predicted octanol–water partition coefficient (Wildman–Crippen LogP) is 2.25. The Labute approximate surface area is 129 Å². The predicted molar refractivity (Wildman–Crippen MR) is 82.7 cm³/mol. The van der Waals surface area contributed by atoms with Crippen LogP contribution in [0.2, 0.25) is 0 Å². The second kappa shape index (κ2) is 7.06. The highest BCUT2D eigenvalue weighted by Gasteiger charge is 2.34. The average molecular weight is 304 g/mol. The molecule has 0 saturated carbocycles. The van der Waals surface area contributed by atoms with Crippen molar-refractivity contribution in [2.75, 3.05) is 16.8 Å². The molecule has 2 rings (SSSR count). The second-order valence-electron chi connectivity index (χ2n) is 5.44. The first kappa shape index (κ1) is 16.0. The number of benzene rings is 1. The Morgan fingerprint density at radius 3 is 2.55 bits per heavy atom. The molecule has 0 aliphatic carbocycles. The Morgan fingerprint density at radius 2 is 2.00 bits per heavy atom. The van der Waals surface area contributed by atoms with Gasteiger partial charge in [0.25, 0.3) is 0 Å². The number of amides is 2. The molecule has 1 aliphatic heterocycles. The van der Waals surface area contributed by atoms with Gasteiger partial charge < -0.3 is 15.3 Å². The maximum absolute atomic E-state index is 11.9. The number of carbonyl (C=O) groups is 3. The molecule has 0 radical (unpaired) electrons. The number of anilines is 2. The van der Waals surface area contributed by atoms with Crippen LogP contribution in [0.5, 0.6) is 0 Å². The van der Waals surface area contributed by atoms with Crippen molar-refractivity contribution in [3.63, 3.8) is 0 Å². The number of carbonyl (C=O) groups excluding carboxylic acids is 2. The van der Waals surface area contributed by atoms with E-state index < -0.39 is 11.9 Å². The topological polar surface area (TPSA) is 86.7 Å². The summed E-state index contributed by atoms with van der Waals surface area (Å²) in [5.41, 5.74) is 1.33. The Balaban J connectivity index is 1.99. The van der Waals surface area contributed by atoms with E-state index in [1.165, 1.54) is 4.90 Å². The summed E-state index contributed by atoms with van der Waals surface area (Å²) in [4.78, 5) is 35.9. The monoisotopic (exact) mass is 304 g/mol. The van der Waals surface area contributed by atoms with Gasteiger partial charge in [-0.05, 0) is 30.7 Å². The number of carboxylic acid groups (broad SMARTS) is 1. The van der Waals surface area contributed by atoms with Crippen LogP contribution in [0.3, 0.4) is 0 Å². The molecule has 0 aromatic heterocycles. The fourth-order valence-corrected chi connectivity index (χ4v) is 2.41. The minimum Gasteiger partial charge on any atom is -0.481 e. The van der Waals surface area contributed by atoms with E-state index in [0.717, 1.165) is 12.8 Å². The van der Waals surface area contributed by atoms with Crippen molar-refractivity contribution in [1.82, 2.24) is 0 Å². The molecule has 1 aromatic carbocycles. The van der Waals surface area contributed by atoms with Crippen LogP contribution in [-0.4, -0.2) is 29.4 Å². The number of rotatable bonds is 6. The molecule has 1 aromatic rings. The average Bonchev–Trinajstić information content (AvgIpc) is 2.88. The molecule has 1 fully saturated rings. The van der Waals surface area contributed by atoms with Crippen molar-refractivity contribution < 1.29 is 19.5 Å². The summed E-state index contributed by atoms with van der Waals surface area (Å²) in [6.45, 7) is 2.22. The highest BCUT2D eigenvalue weighted by Crippen LogP contribution is 2.26. The van der Waals surface area contributed by atoms with Gasteiger partial charge in [-0.1, -0.05) is 13.3 Å². The molecule has 2 amide bonds. The SMILES string of the molecule is CCCCC(=O)Nc1ccc(N2C[C@@H](C(=O)O)CC2=O)cc1. The Hall–Kier alpha value is -2.37. The van der Waals surface area contributed by atoms with Crippen LogP contribution in [0.4, 0.5) is 11.4 Å². The first-order chi connectivity index (χ1) is 10.5. The van der Waals surface area contributed by atoms with Gasteiger partial charge >= 0.3 is 5.97 Å². The molecule has 6 heteroatoms. The molecule has 1 saturated heterocycles. The van der Waals surface area contributed by atoms with E-state index in [-0.39, 0.29) is 24.8 Å². The van der Waals surface area contributed by atoms with Gasteiger partial charge in [-0.25, -0.2) is 0 Å². The number of nitrogens with zero attached hydrogens (tertiary/aromatic N) is 1. The number of hydrogen-bond acceptors (Lipinski definition) is 3. The van der Waals surface area contributed by atoms with Crippen LogP contribution in [0.1, 0.15) is 32.6 Å². The third-order valence-corrected chi connectivity index (χ3v) is 3.69. The molecule has 1 heterocycles. The lowest BCUT2D eigenvalue weighted by molar-refractivity contribution is -0.141. The lowest BCUT2D eigenvalue weighted by atomic mass is 10.1. The van der Waals surface area contributed by atoms with E-state index >= 15 is 0 Å². The van der Waals surface area contributed by atoms with Crippen molar-refractivity contribution in [2.45, 2.75) is 32.6 Å². The number of carboxylic acids is 1. The quantitative estimate of drug-likeness (QED) is 0.844. The smallest absolute Gasteiger partial charge is 0.308 e. The summed E-state index contributed by atoms with van der Waals surface area (Å²) >= 11 is 0. The van der Waals surface area contributed by atoms with Crippen molar-refractivity contribution >= 4 is 29.2 Å². The highest BCUT2D eigenvalue weighted by molar-refractivity contribution is 5.99. The molecular formula is C16H20N2O4. The van der Waals surface area contributed by atoms with Gasteiger partial charge in [0.2, 0.25) is 11.8 Å². The van der Waals surface area contributed by atoms with Crippen LogP contribution >= 0.6 is 0 Å². The van der Waals surface area contributed by atoms with E-state index in [0.29, 0.717) is 17.8 Å². The number of nitrogens with one attached hydrogen (secondary N) is 1. The molecule has 2 N–H and O–H groups in total. The van der Waals surface area contributed by atoms with E-state index in [1.807, 2.05) is 6.92 Å². The summed E-state index contributed by atoms with van der Waals surface area (Å²) in [6.07, 6.45) is 2.34. The van der Waals surface area contributed by atoms with E-state index in [1.54, 1.807) is 24.3 Å². The van der Waals surface area contributed by atoms with Gasteiger partial charge in [0.15, 0.2) is 0 Å². The Kier molecular flexibility index (Phi) is 5.14. The summed E-state index contributed by atoms with van der Waals surface area (Å²) in [7, 11) is 0. The molecule has 22 heavy (non-hydrogen) atoms. The third-order valence-electron chi connectivity index (χ3n) is 3.69. The molecular weight excluding hydrogens is 284 g/mol. The fourth-order valence-electron chi connectivity index (χ4n) is 2.41. The van der Waals surface area contributed by atoms with Gasteiger partial charge in [0.05, 0.1) is 5.92 Å². The van der Waals surface area contributed by atoms with Gasteiger partial charge in [0.1, 0.15) is 0 Å². The van der Waals surface area contributed by atoms with Crippen LogP contribution < -0.4 is 10.2 Å². The van der Waals surface area contributed by atoms with Crippen LogP contribution in [0.25, 0.3) is 0 Å². The minimum absolute atomic E-state index is 0.0298. The van der Waals surface area contributed by atoms with Gasteiger partial charge in [-0.15, -0.1) is 0 Å². The van der Waals surface area contributed by atoms with Crippen molar-refractivity contribution in [1.29, 1.82) is 0 Å². The van der Waals surface area contributed by atoms with Gasteiger partial charge in [-0.3, -0.25) is 14.4 Å². The molecule has 1 aliphatic rings. The first-order valence-corrected chi connectivity index (χ1v) is 7.44. The zero-order valence-corrected chi connectivity index (χ0v) is 12.5. The van der Waals surface area contributed by atoms with Crippen molar-refractivity contribution in [3.05, 3.63) is 24.3 Å². The van der Waals surface area contributed by atoms with Gasteiger partial charge in [-0.2, -0.15) is 0 Å². The molecule has 6 nitrogen and oxygen atoms in total. The summed E-state index contributed by atoms with van der Waals surface area (Å²) < 4.78 is 0. The molecule has 0 unspecified atom stereocenters. The Morgan fingerprint density at radius 1 is 1.32 bits per heavy atom. The number of unbranched alkanes of at least 4 members (excludes halogenated alkanes) is 1. The first-order valence-electron chi connectivity index (χ1n) is 7.44. The molecule has 0 bridgehead atoms. The van der Waals surface area contributed by atoms with E-state index in [4.69, 9.17) is 5.11 Å². The zero-order valence-electron chi connectivity index (χ0n) is 12.5. The molecule has 1 atom stereocenters. The van der Waals surface area contributed by atoms with Crippen LogP contribution in [-0.2, 0) is 14.4 Å². The number of hydrogen-bond donors (Lipinski definition) is 2. The normalized spacial score (nSPS) is 17.6. The lowest BCUT2D eigenvalue weighted by Crippen LogP contribution is -2.25. The van der Waals surface area contributed by atoms with Crippen LogP contribution in [0, 0.1) is 5.92 Å². The summed E-state index contributed by atoms with van der Waals surface area (Å²) in [5, 5.41) is 11.8. The third kappa shape index (κ3) is 3.84.